The van der Waals surface area contributed by atoms with Gasteiger partial charge in [-0.3, -0.25) is 4.79 Å². The van der Waals surface area contributed by atoms with Gasteiger partial charge < -0.3 is 24.1 Å². The van der Waals surface area contributed by atoms with Gasteiger partial charge in [0.1, 0.15) is 0 Å². The van der Waals surface area contributed by atoms with Crippen LogP contribution in [-0.2, 0) is 17.5 Å². The zero-order chi connectivity index (χ0) is 24.9. The van der Waals surface area contributed by atoms with E-state index in [1.807, 2.05) is 11.5 Å². The Morgan fingerprint density at radius 1 is 1.06 bits per heavy atom. The summed E-state index contributed by atoms with van der Waals surface area (Å²) in [7, 11) is 4.53. The summed E-state index contributed by atoms with van der Waals surface area (Å²) in [6.07, 6.45) is -4.49. The Morgan fingerprint density at radius 3 is 2.29 bits per heavy atom. The maximum absolute atomic E-state index is 12.9. The smallest absolute Gasteiger partial charge is 0.416 e. The van der Waals surface area contributed by atoms with Gasteiger partial charge in [-0.05, 0) is 37.3 Å². The van der Waals surface area contributed by atoms with E-state index >= 15 is 0 Å². The SMILES string of the molecule is CCn1c(SCC(=O)Nc2cccc(C(F)(F)F)c2)nnc1-c1cc(OC)c(OC)c(OC)c1. The van der Waals surface area contributed by atoms with E-state index in [0.717, 1.165) is 23.9 Å². The summed E-state index contributed by atoms with van der Waals surface area (Å²) in [5, 5.41) is 11.4. The number of nitrogens with one attached hydrogen (secondary N) is 1. The minimum Gasteiger partial charge on any atom is -0.493 e. The van der Waals surface area contributed by atoms with Crippen LogP contribution in [0.1, 0.15) is 12.5 Å². The Hall–Kier alpha value is -3.41. The molecule has 0 radical (unpaired) electrons. The first-order valence-electron chi connectivity index (χ1n) is 10.0. The molecule has 8 nitrogen and oxygen atoms in total. The first-order valence-corrected chi connectivity index (χ1v) is 11.0. The van der Waals surface area contributed by atoms with Crippen molar-refractivity contribution in [1.29, 1.82) is 0 Å². The molecule has 2 aromatic carbocycles. The van der Waals surface area contributed by atoms with Gasteiger partial charge in [-0.15, -0.1) is 10.2 Å². The van der Waals surface area contributed by atoms with Crippen molar-refractivity contribution in [3.63, 3.8) is 0 Å². The van der Waals surface area contributed by atoms with Crippen molar-refractivity contribution in [3.05, 3.63) is 42.0 Å². The summed E-state index contributed by atoms with van der Waals surface area (Å²) in [6.45, 7) is 2.41. The lowest BCUT2D eigenvalue weighted by Gasteiger charge is -2.14. The second-order valence-electron chi connectivity index (χ2n) is 6.88. The zero-order valence-corrected chi connectivity index (χ0v) is 19.7. The number of anilines is 1. The zero-order valence-electron chi connectivity index (χ0n) is 18.9. The van der Waals surface area contributed by atoms with Crippen LogP contribution in [0.4, 0.5) is 18.9 Å². The number of hydrogen-bond donors (Lipinski definition) is 1. The Kier molecular flexibility index (Phi) is 7.92. The number of aromatic nitrogens is 3. The normalized spacial score (nSPS) is 11.3. The van der Waals surface area contributed by atoms with Crippen LogP contribution in [0.2, 0.25) is 0 Å². The highest BCUT2D eigenvalue weighted by atomic mass is 32.2. The molecule has 1 heterocycles. The number of halogens is 3. The fourth-order valence-corrected chi connectivity index (χ4v) is 4.01. The van der Waals surface area contributed by atoms with Gasteiger partial charge >= 0.3 is 6.18 Å². The highest BCUT2D eigenvalue weighted by Crippen LogP contribution is 2.41. The third kappa shape index (κ3) is 5.56. The molecule has 0 fully saturated rings. The lowest BCUT2D eigenvalue weighted by atomic mass is 10.1. The fraction of sp³-hybridized carbons (Fsp3) is 0.318. The molecule has 0 saturated carbocycles. The van der Waals surface area contributed by atoms with E-state index in [-0.39, 0.29) is 11.4 Å². The molecule has 0 unspecified atom stereocenters. The van der Waals surface area contributed by atoms with Crippen molar-refractivity contribution in [2.75, 3.05) is 32.4 Å². The maximum atomic E-state index is 12.9. The van der Waals surface area contributed by atoms with Crippen molar-refractivity contribution in [3.8, 4) is 28.6 Å². The number of methoxy groups -OCH3 is 3. The summed E-state index contributed by atoms with van der Waals surface area (Å²) >= 11 is 1.12. The van der Waals surface area contributed by atoms with Crippen LogP contribution in [0, 0.1) is 0 Å². The molecule has 0 bridgehead atoms. The van der Waals surface area contributed by atoms with Crippen LogP contribution in [-0.4, -0.2) is 47.8 Å². The maximum Gasteiger partial charge on any atom is 0.416 e. The molecule has 3 rings (SSSR count). The molecule has 1 amide bonds. The van der Waals surface area contributed by atoms with Gasteiger partial charge in [-0.1, -0.05) is 17.8 Å². The van der Waals surface area contributed by atoms with Crippen molar-refractivity contribution in [2.45, 2.75) is 24.8 Å². The number of thioether (sulfide) groups is 1. The van der Waals surface area contributed by atoms with E-state index in [0.29, 0.717) is 40.3 Å². The number of hydrogen-bond acceptors (Lipinski definition) is 7. The average Bonchev–Trinajstić information content (AvgIpc) is 3.24. The Labute approximate surface area is 198 Å². The van der Waals surface area contributed by atoms with E-state index in [4.69, 9.17) is 14.2 Å². The molecule has 0 aliphatic heterocycles. The van der Waals surface area contributed by atoms with Gasteiger partial charge in [0.2, 0.25) is 11.7 Å². The summed E-state index contributed by atoms with van der Waals surface area (Å²) in [4.78, 5) is 12.3. The molecule has 0 atom stereocenters. The monoisotopic (exact) mass is 496 g/mol. The summed E-state index contributed by atoms with van der Waals surface area (Å²) < 4.78 is 56.6. The van der Waals surface area contributed by atoms with Gasteiger partial charge in [-0.2, -0.15) is 13.2 Å². The molecule has 182 valence electrons. The standard InChI is InChI=1S/C22H23F3N4O4S/c1-5-29-20(13-9-16(31-2)19(33-4)17(10-13)32-3)27-28-21(29)34-12-18(30)26-15-8-6-7-14(11-15)22(23,24)25/h6-11H,5,12H2,1-4H3,(H,26,30). The Bertz CT molecular complexity index is 1140. The molecule has 3 aromatic rings. The third-order valence-corrected chi connectivity index (χ3v) is 5.73. The van der Waals surface area contributed by atoms with Gasteiger partial charge in [0.25, 0.3) is 0 Å². The van der Waals surface area contributed by atoms with Gasteiger partial charge in [-0.25, -0.2) is 0 Å². The predicted molar refractivity (Wildman–Crippen MR) is 122 cm³/mol. The molecule has 0 saturated heterocycles. The van der Waals surface area contributed by atoms with Crippen LogP contribution in [0.3, 0.4) is 0 Å². The van der Waals surface area contributed by atoms with Gasteiger partial charge in [0, 0.05) is 17.8 Å². The van der Waals surface area contributed by atoms with Crippen LogP contribution in [0.15, 0.2) is 41.6 Å². The quantitative estimate of drug-likeness (QED) is 0.428. The largest absolute Gasteiger partial charge is 0.493 e. The van der Waals surface area contributed by atoms with Crippen molar-refractivity contribution >= 4 is 23.4 Å². The minimum absolute atomic E-state index is 0.0653. The van der Waals surface area contributed by atoms with Crippen LogP contribution in [0.25, 0.3) is 11.4 Å². The highest BCUT2D eigenvalue weighted by molar-refractivity contribution is 7.99. The summed E-state index contributed by atoms with van der Waals surface area (Å²) in [6, 6.07) is 7.95. The molecular formula is C22H23F3N4O4S. The Balaban J connectivity index is 1.77. The number of carbonyl (C=O) groups excluding carboxylic acids is 1. The van der Waals surface area contributed by atoms with Crippen LogP contribution < -0.4 is 19.5 Å². The molecule has 1 aromatic heterocycles. The van der Waals surface area contributed by atoms with Crippen molar-refractivity contribution < 1.29 is 32.2 Å². The topological polar surface area (TPSA) is 87.5 Å². The summed E-state index contributed by atoms with van der Waals surface area (Å²) in [5.74, 6) is 1.35. The molecule has 0 aliphatic rings. The summed E-state index contributed by atoms with van der Waals surface area (Å²) in [5.41, 5.74) is -0.0988. The fourth-order valence-electron chi connectivity index (χ4n) is 3.20. The molecule has 0 spiro atoms. The van der Waals surface area contributed by atoms with E-state index in [1.165, 1.54) is 33.5 Å². The number of alkyl halides is 3. The number of nitrogens with zero attached hydrogens (tertiary/aromatic N) is 3. The first-order chi connectivity index (χ1) is 16.2. The average molecular weight is 497 g/mol. The number of amides is 1. The lowest BCUT2D eigenvalue weighted by molar-refractivity contribution is -0.137. The first kappa shape index (κ1) is 25.2. The lowest BCUT2D eigenvalue weighted by Crippen LogP contribution is -2.15. The number of benzene rings is 2. The number of carbonyl (C=O) groups is 1. The van der Waals surface area contributed by atoms with E-state index in [2.05, 4.69) is 15.5 Å². The van der Waals surface area contributed by atoms with Crippen molar-refractivity contribution in [2.24, 2.45) is 0 Å². The van der Waals surface area contributed by atoms with Crippen molar-refractivity contribution in [1.82, 2.24) is 14.8 Å². The van der Waals surface area contributed by atoms with E-state index in [9.17, 15) is 18.0 Å². The number of ether oxygens (including phenoxy) is 3. The molecule has 12 heteroatoms. The van der Waals surface area contributed by atoms with Gasteiger partial charge in [0.15, 0.2) is 22.5 Å². The predicted octanol–water partition coefficient (Wildman–Crippen LogP) is 4.74. The number of rotatable bonds is 9. The Morgan fingerprint density at radius 2 is 1.74 bits per heavy atom. The second-order valence-corrected chi connectivity index (χ2v) is 7.82. The van der Waals surface area contributed by atoms with Crippen LogP contribution >= 0.6 is 11.8 Å². The van der Waals surface area contributed by atoms with E-state index in [1.54, 1.807) is 12.1 Å². The minimum atomic E-state index is -4.49. The van der Waals surface area contributed by atoms with Gasteiger partial charge in [0.05, 0.1) is 32.6 Å². The van der Waals surface area contributed by atoms with E-state index < -0.39 is 17.6 Å². The molecule has 1 N–H and O–H groups in total. The molecule has 0 aliphatic carbocycles. The second kappa shape index (κ2) is 10.7. The highest BCUT2D eigenvalue weighted by Gasteiger charge is 2.30. The van der Waals surface area contributed by atoms with Crippen LogP contribution in [0.5, 0.6) is 17.2 Å². The molecular weight excluding hydrogens is 473 g/mol. The third-order valence-electron chi connectivity index (χ3n) is 4.76. The molecule has 34 heavy (non-hydrogen) atoms.